The molecule has 1 fully saturated rings. The Labute approximate surface area is 207 Å². The van der Waals surface area contributed by atoms with Gasteiger partial charge in [-0.25, -0.2) is 8.42 Å². The molecule has 1 N–H and O–H groups in total. The van der Waals surface area contributed by atoms with Crippen molar-refractivity contribution >= 4 is 21.9 Å². The van der Waals surface area contributed by atoms with Gasteiger partial charge in [-0.15, -0.1) is 0 Å². The molecule has 7 nitrogen and oxygen atoms in total. The van der Waals surface area contributed by atoms with Crippen LogP contribution >= 0.6 is 0 Å². The summed E-state index contributed by atoms with van der Waals surface area (Å²) in [6.07, 6.45) is 2.69. The monoisotopic (exact) mass is 498 g/mol. The van der Waals surface area contributed by atoms with Crippen molar-refractivity contribution in [3.63, 3.8) is 0 Å². The lowest BCUT2D eigenvalue weighted by atomic mass is 9.87. The lowest BCUT2D eigenvalue weighted by Crippen LogP contribution is -2.43. The molecule has 1 aliphatic carbocycles. The highest BCUT2D eigenvalue weighted by molar-refractivity contribution is 7.89. The fraction of sp³-hybridized carbons (Fsp3) is 0.481. The second-order valence-electron chi connectivity index (χ2n) is 9.66. The molecule has 0 aromatic heterocycles. The normalized spacial score (nSPS) is 20.0. The van der Waals surface area contributed by atoms with E-state index in [-0.39, 0.29) is 29.9 Å². The number of piperidine rings is 1. The lowest BCUT2D eigenvalue weighted by molar-refractivity contribution is -0.160. The van der Waals surface area contributed by atoms with E-state index < -0.39 is 28.0 Å². The number of nitrogens with zero attached hydrogens (tertiary/aromatic N) is 1. The van der Waals surface area contributed by atoms with Gasteiger partial charge in [-0.05, 0) is 87.3 Å². The van der Waals surface area contributed by atoms with Gasteiger partial charge in [0.2, 0.25) is 10.0 Å². The Morgan fingerprint density at radius 3 is 2.46 bits per heavy atom. The summed E-state index contributed by atoms with van der Waals surface area (Å²) in [5, 5.41) is 3.03. The van der Waals surface area contributed by atoms with Crippen LogP contribution in [0.25, 0.3) is 0 Å². The number of sulfonamides is 1. The van der Waals surface area contributed by atoms with Crippen molar-refractivity contribution in [2.75, 3.05) is 13.1 Å². The summed E-state index contributed by atoms with van der Waals surface area (Å²) >= 11 is 0. The molecular weight excluding hydrogens is 464 g/mol. The van der Waals surface area contributed by atoms with E-state index in [1.807, 2.05) is 38.1 Å². The highest BCUT2D eigenvalue weighted by atomic mass is 32.2. The zero-order chi connectivity index (χ0) is 25.2. The van der Waals surface area contributed by atoms with E-state index in [1.54, 1.807) is 19.1 Å². The fourth-order valence-electron chi connectivity index (χ4n) is 4.87. The van der Waals surface area contributed by atoms with Crippen molar-refractivity contribution in [3.05, 3.63) is 64.7 Å². The third kappa shape index (κ3) is 5.59. The van der Waals surface area contributed by atoms with E-state index in [9.17, 15) is 18.0 Å². The number of carbonyl (C=O) groups is 2. The number of esters is 1. The van der Waals surface area contributed by atoms with E-state index >= 15 is 0 Å². The van der Waals surface area contributed by atoms with E-state index in [2.05, 4.69) is 11.4 Å². The van der Waals surface area contributed by atoms with E-state index in [4.69, 9.17) is 4.74 Å². The maximum Gasteiger partial charge on any atom is 0.309 e. The molecule has 2 aromatic carbocycles. The standard InChI is InChI=1S/C27H34N2O5S/c1-18-11-12-23(17-19(18)2)35(32,33)29-15-13-22(14-16-29)27(31)34-20(3)26(30)28-25-10-6-8-21-7-4-5-9-24(21)25/h4-5,7,9,11-12,17,20,22,25H,6,8,10,13-16H2,1-3H3,(H,28,30). The minimum absolute atomic E-state index is 0.0764. The summed E-state index contributed by atoms with van der Waals surface area (Å²) in [4.78, 5) is 25.8. The van der Waals surface area contributed by atoms with Crippen LogP contribution in [0.15, 0.2) is 47.4 Å². The fourth-order valence-corrected chi connectivity index (χ4v) is 6.43. The zero-order valence-electron chi connectivity index (χ0n) is 20.6. The average Bonchev–Trinajstić information content (AvgIpc) is 2.85. The van der Waals surface area contributed by atoms with Gasteiger partial charge >= 0.3 is 5.97 Å². The maximum atomic E-state index is 13.0. The first-order valence-corrected chi connectivity index (χ1v) is 13.8. The number of aryl methyl sites for hydroxylation is 3. The van der Waals surface area contributed by atoms with Crippen molar-refractivity contribution in [3.8, 4) is 0 Å². The van der Waals surface area contributed by atoms with Crippen molar-refractivity contribution in [1.82, 2.24) is 9.62 Å². The Kier molecular flexibility index (Phi) is 7.62. The van der Waals surface area contributed by atoms with E-state index in [0.717, 1.165) is 36.0 Å². The summed E-state index contributed by atoms with van der Waals surface area (Å²) in [5.41, 5.74) is 4.34. The highest BCUT2D eigenvalue weighted by Crippen LogP contribution is 2.30. The molecule has 2 unspecified atom stereocenters. The first-order valence-electron chi connectivity index (χ1n) is 12.3. The highest BCUT2D eigenvalue weighted by Gasteiger charge is 2.34. The van der Waals surface area contributed by atoms with Gasteiger partial charge in [0.05, 0.1) is 16.9 Å². The van der Waals surface area contributed by atoms with Crippen LogP contribution in [0.3, 0.4) is 0 Å². The predicted molar refractivity (Wildman–Crippen MR) is 133 cm³/mol. The third-order valence-electron chi connectivity index (χ3n) is 7.25. The van der Waals surface area contributed by atoms with Gasteiger partial charge in [0.25, 0.3) is 5.91 Å². The van der Waals surface area contributed by atoms with Crippen LogP contribution in [0, 0.1) is 19.8 Å². The second-order valence-corrected chi connectivity index (χ2v) is 11.6. The molecule has 188 valence electrons. The van der Waals surface area contributed by atoms with Crippen molar-refractivity contribution < 1.29 is 22.7 Å². The van der Waals surface area contributed by atoms with Gasteiger partial charge in [0, 0.05) is 13.1 Å². The van der Waals surface area contributed by atoms with Crippen molar-refractivity contribution in [2.45, 2.75) is 69.9 Å². The summed E-state index contributed by atoms with van der Waals surface area (Å²) in [7, 11) is -3.61. The average molecular weight is 499 g/mol. The van der Waals surface area contributed by atoms with Crippen LogP contribution in [-0.2, 0) is 30.8 Å². The molecule has 35 heavy (non-hydrogen) atoms. The van der Waals surface area contributed by atoms with Gasteiger partial charge in [0.1, 0.15) is 0 Å². The number of carbonyl (C=O) groups excluding carboxylic acids is 2. The van der Waals surface area contributed by atoms with Gasteiger partial charge in [0.15, 0.2) is 6.10 Å². The molecule has 2 aliphatic rings. The first kappa shape index (κ1) is 25.4. The Bertz CT molecular complexity index is 1200. The van der Waals surface area contributed by atoms with Crippen LogP contribution in [0.2, 0.25) is 0 Å². The minimum Gasteiger partial charge on any atom is -0.452 e. The predicted octanol–water partition coefficient (Wildman–Crippen LogP) is 3.83. The molecular formula is C27H34N2O5S. The summed E-state index contributed by atoms with van der Waals surface area (Å²) < 4.78 is 33.0. The van der Waals surface area contributed by atoms with Crippen LogP contribution < -0.4 is 5.32 Å². The van der Waals surface area contributed by atoms with Crippen LogP contribution in [-0.4, -0.2) is 43.8 Å². The van der Waals surface area contributed by atoms with Crippen LogP contribution in [0.1, 0.15) is 60.9 Å². The smallest absolute Gasteiger partial charge is 0.309 e. The van der Waals surface area contributed by atoms with Gasteiger partial charge in [-0.1, -0.05) is 30.3 Å². The first-order chi connectivity index (χ1) is 16.7. The van der Waals surface area contributed by atoms with Gasteiger partial charge < -0.3 is 10.1 Å². The van der Waals surface area contributed by atoms with Gasteiger partial charge in [-0.3, -0.25) is 9.59 Å². The molecule has 0 spiro atoms. The van der Waals surface area contributed by atoms with E-state index in [0.29, 0.717) is 12.8 Å². The molecule has 2 atom stereocenters. The molecule has 4 rings (SSSR count). The number of benzene rings is 2. The number of hydrogen-bond acceptors (Lipinski definition) is 5. The Morgan fingerprint density at radius 2 is 1.74 bits per heavy atom. The zero-order valence-corrected chi connectivity index (χ0v) is 21.4. The number of fused-ring (bicyclic) bond motifs is 1. The molecule has 1 aliphatic heterocycles. The van der Waals surface area contributed by atoms with E-state index in [1.165, 1.54) is 9.87 Å². The van der Waals surface area contributed by atoms with Crippen LogP contribution in [0.4, 0.5) is 0 Å². The topological polar surface area (TPSA) is 92.8 Å². The molecule has 0 bridgehead atoms. The Balaban J connectivity index is 1.30. The number of ether oxygens (including phenoxy) is 1. The lowest BCUT2D eigenvalue weighted by Gasteiger charge is -2.31. The maximum absolute atomic E-state index is 13.0. The Hall–Kier alpha value is -2.71. The quantitative estimate of drug-likeness (QED) is 0.611. The molecule has 0 saturated carbocycles. The molecule has 1 heterocycles. The van der Waals surface area contributed by atoms with Crippen molar-refractivity contribution in [2.24, 2.45) is 5.92 Å². The molecule has 1 saturated heterocycles. The number of hydrogen-bond donors (Lipinski definition) is 1. The van der Waals surface area contributed by atoms with Crippen LogP contribution in [0.5, 0.6) is 0 Å². The summed E-state index contributed by atoms with van der Waals surface area (Å²) in [6, 6.07) is 13.2. The van der Waals surface area contributed by atoms with Crippen molar-refractivity contribution in [1.29, 1.82) is 0 Å². The molecule has 1 amide bonds. The third-order valence-corrected chi connectivity index (χ3v) is 9.15. The summed E-state index contributed by atoms with van der Waals surface area (Å²) in [6.45, 7) is 5.91. The number of rotatable bonds is 6. The number of amides is 1. The largest absolute Gasteiger partial charge is 0.452 e. The number of nitrogens with one attached hydrogen (secondary N) is 1. The SMILES string of the molecule is Cc1ccc(S(=O)(=O)N2CCC(C(=O)OC(C)C(=O)NC3CCCc4ccccc43)CC2)cc1C. The minimum atomic E-state index is -3.61. The van der Waals surface area contributed by atoms with Gasteiger partial charge in [-0.2, -0.15) is 4.31 Å². The second kappa shape index (κ2) is 10.5. The molecule has 2 aromatic rings. The Morgan fingerprint density at radius 1 is 1.03 bits per heavy atom. The molecule has 8 heteroatoms. The summed E-state index contributed by atoms with van der Waals surface area (Å²) in [5.74, 6) is -1.18. The molecule has 0 radical (unpaired) electrons.